The van der Waals surface area contributed by atoms with Crippen molar-refractivity contribution in [1.82, 2.24) is 25.3 Å². The van der Waals surface area contributed by atoms with Crippen LogP contribution in [0.25, 0.3) is 22.6 Å². The Morgan fingerprint density at radius 2 is 2.09 bits per heavy atom. The second-order valence-electron chi connectivity index (χ2n) is 8.31. The quantitative estimate of drug-likeness (QED) is 0.284. The Morgan fingerprint density at radius 3 is 2.74 bits per heavy atom. The number of rotatable bonds is 9. The number of imidazole rings is 1. The topological polar surface area (TPSA) is 162 Å². The third-order valence-corrected chi connectivity index (χ3v) is 6.12. The van der Waals surface area contributed by atoms with E-state index in [1.807, 2.05) is 0 Å². The van der Waals surface area contributed by atoms with Gasteiger partial charge in [0, 0.05) is 30.3 Å². The molecule has 11 nitrogen and oxygen atoms in total. The third kappa shape index (κ3) is 6.17. The van der Waals surface area contributed by atoms with Crippen LogP contribution in [0, 0.1) is 5.82 Å². The van der Waals surface area contributed by atoms with Crippen molar-refractivity contribution >= 4 is 39.4 Å². The van der Waals surface area contributed by atoms with Crippen molar-refractivity contribution < 1.29 is 22.7 Å². The molecule has 2 heterocycles. The standard InChI is InChI=1S/C21H23ClFN7O4S/c1-10(26-21(31)32)9-25-20-24-6-5-14(27-20)18-17(28-19(29-18)11-3-4-11)13-7-12(23)8-15(16(13)22)30-35(2,33)34/h5-8,10-11,26,30H,3-4,9H2,1-2H3,(H,28,29)(H,31,32)(H,24,25,27). The number of carboxylic acid groups (broad SMARTS) is 1. The van der Waals surface area contributed by atoms with Crippen molar-refractivity contribution in [2.75, 3.05) is 22.8 Å². The maximum absolute atomic E-state index is 14.5. The number of hydrogen-bond acceptors (Lipinski definition) is 7. The van der Waals surface area contributed by atoms with E-state index in [9.17, 15) is 17.6 Å². The number of aromatic amines is 1. The zero-order valence-corrected chi connectivity index (χ0v) is 20.3. The van der Waals surface area contributed by atoms with E-state index in [-0.39, 0.29) is 34.7 Å². The van der Waals surface area contributed by atoms with Gasteiger partial charge in [-0.2, -0.15) is 0 Å². The van der Waals surface area contributed by atoms with Gasteiger partial charge in [0.1, 0.15) is 11.6 Å². The molecule has 1 amide bonds. The molecule has 0 bridgehead atoms. The average Bonchev–Trinajstić information content (AvgIpc) is 3.52. The smallest absolute Gasteiger partial charge is 0.404 e. The summed E-state index contributed by atoms with van der Waals surface area (Å²) in [5, 5.41) is 14.1. The molecule has 186 valence electrons. The van der Waals surface area contributed by atoms with Gasteiger partial charge in [0.15, 0.2) is 0 Å². The number of aromatic nitrogens is 4. The highest BCUT2D eigenvalue weighted by atomic mass is 35.5. The number of anilines is 2. The van der Waals surface area contributed by atoms with Crippen LogP contribution in [0.15, 0.2) is 24.4 Å². The molecule has 1 fully saturated rings. The minimum atomic E-state index is -3.70. The van der Waals surface area contributed by atoms with Crippen LogP contribution in [0.5, 0.6) is 0 Å². The lowest BCUT2D eigenvalue weighted by Crippen LogP contribution is -2.36. The molecule has 0 radical (unpaired) electrons. The molecule has 1 aromatic carbocycles. The van der Waals surface area contributed by atoms with Crippen LogP contribution in [-0.2, 0) is 10.0 Å². The first-order valence-corrected chi connectivity index (χ1v) is 12.9. The number of halogens is 2. The minimum Gasteiger partial charge on any atom is -0.465 e. The van der Waals surface area contributed by atoms with Gasteiger partial charge in [-0.3, -0.25) is 4.72 Å². The van der Waals surface area contributed by atoms with Crippen molar-refractivity contribution in [3.8, 4) is 22.6 Å². The van der Waals surface area contributed by atoms with Crippen molar-refractivity contribution in [3.05, 3.63) is 41.1 Å². The zero-order valence-electron chi connectivity index (χ0n) is 18.8. The van der Waals surface area contributed by atoms with E-state index in [0.29, 0.717) is 22.9 Å². The maximum Gasteiger partial charge on any atom is 0.404 e. The highest BCUT2D eigenvalue weighted by Gasteiger charge is 2.30. The molecule has 1 aliphatic rings. The van der Waals surface area contributed by atoms with Crippen molar-refractivity contribution in [2.45, 2.75) is 31.7 Å². The predicted octanol–water partition coefficient (Wildman–Crippen LogP) is 3.64. The molecule has 2 aromatic heterocycles. The van der Waals surface area contributed by atoms with E-state index in [2.05, 4.69) is 35.3 Å². The molecule has 1 atom stereocenters. The molecule has 1 aliphatic carbocycles. The Labute approximate surface area is 205 Å². The van der Waals surface area contributed by atoms with E-state index in [0.717, 1.165) is 25.2 Å². The summed E-state index contributed by atoms with van der Waals surface area (Å²) in [7, 11) is -3.70. The monoisotopic (exact) mass is 523 g/mol. The first-order chi connectivity index (χ1) is 16.5. The molecule has 14 heteroatoms. The van der Waals surface area contributed by atoms with Crippen LogP contribution in [0.2, 0.25) is 5.02 Å². The normalized spacial score (nSPS) is 14.4. The average molecular weight is 524 g/mol. The zero-order chi connectivity index (χ0) is 25.3. The molecular formula is C21H23ClFN7O4S. The Balaban J connectivity index is 1.73. The number of benzene rings is 1. The number of H-pyrrole nitrogens is 1. The third-order valence-electron chi connectivity index (χ3n) is 5.12. The fourth-order valence-electron chi connectivity index (χ4n) is 3.45. The van der Waals surface area contributed by atoms with Gasteiger partial charge in [-0.1, -0.05) is 11.6 Å². The summed E-state index contributed by atoms with van der Waals surface area (Å²) >= 11 is 6.50. The highest BCUT2D eigenvalue weighted by Crippen LogP contribution is 2.43. The van der Waals surface area contributed by atoms with E-state index in [4.69, 9.17) is 16.7 Å². The van der Waals surface area contributed by atoms with Crippen LogP contribution < -0.4 is 15.4 Å². The second-order valence-corrected chi connectivity index (χ2v) is 10.4. The molecule has 0 aliphatic heterocycles. The van der Waals surface area contributed by atoms with Crippen LogP contribution in [0.4, 0.5) is 20.8 Å². The summed E-state index contributed by atoms with van der Waals surface area (Å²) in [5.74, 6) is 0.480. The lowest BCUT2D eigenvalue weighted by Gasteiger charge is -2.13. The molecular weight excluding hydrogens is 501 g/mol. The number of amides is 1. The first-order valence-electron chi connectivity index (χ1n) is 10.6. The van der Waals surface area contributed by atoms with Gasteiger partial charge in [-0.15, -0.1) is 0 Å². The Bertz CT molecular complexity index is 1380. The summed E-state index contributed by atoms with van der Waals surface area (Å²) < 4.78 is 40.2. The largest absolute Gasteiger partial charge is 0.465 e. The van der Waals surface area contributed by atoms with Crippen LogP contribution in [0.1, 0.15) is 31.5 Å². The molecule has 35 heavy (non-hydrogen) atoms. The lowest BCUT2D eigenvalue weighted by molar-refractivity contribution is 0.191. The molecule has 5 N–H and O–H groups in total. The second kappa shape index (κ2) is 9.66. The molecule has 1 saturated carbocycles. The lowest BCUT2D eigenvalue weighted by atomic mass is 10.1. The van der Waals surface area contributed by atoms with Gasteiger partial charge in [0.25, 0.3) is 0 Å². The summed E-state index contributed by atoms with van der Waals surface area (Å²) in [6, 6.07) is 3.43. The van der Waals surface area contributed by atoms with Crippen molar-refractivity contribution in [3.63, 3.8) is 0 Å². The van der Waals surface area contributed by atoms with E-state index >= 15 is 0 Å². The van der Waals surface area contributed by atoms with Gasteiger partial charge < -0.3 is 20.7 Å². The first kappa shape index (κ1) is 24.7. The van der Waals surface area contributed by atoms with Crippen LogP contribution in [-0.4, -0.2) is 58.4 Å². The van der Waals surface area contributed by atoms with E-state index in [1.165, 1.54) is 12.3 Å². The Hall–Kier alpha value is -3.45. The van der Waals surface area contributed by atoms with E-state index in [1.54, 1.807) is 13.0 Å². The summed E-state index contributed by atoms with van der Waals surface area (Å²) in [6.45, 7) is 1.93. The predicted molar refractivity (Wildman–Crippen MR) is 130 cm³/mol. The SMILES string of the molecule is CC(CNc1nccc(-c2[nH]c(C3CC3)nc2-c2cc(F)cc(NS(C)(=O)=O)c2Cl)n1)NC(=O)O. The van der Waals surface area contributed by atoms with Crippen LogP contribution in [0.3, 0.4) is 0 Å². The molecule has 4 rings (SSSR count). The number of sulfonamides is 1. The Morgan fingerprint density at radius 1 is 1.34 bits per heavy atom. The Kier molecular flexibility index (Phi) is 6.81. The van der Waals surface area contributed by atoms with Gasteiger partial charge >= 0.3 is 6.09 Å². The fourth-order valence-corrected chi connectivity index (χ4v) is 4.31. The minimum absolute atomic E-state index is 0.00658. The highest BCUT2D eigenvalue weighted by molar-refractivity contribution is 7.92. The van der Waals surface area contributed by atoms with Crippen molar-refractivity contribution in [2.24, 2.45) is 0 Å². The number of hydrogen-bond donors (Lipinski definition) is 5. The molecule has 3 aromatic rings. The van der Waals surface area contributed by atoms with E-state index < -0.39 is 28.0 Å². The molecule has 0 saturated heterocycles. The molecule has 0 spiro atoms. The van der Waals surface area contributed by atoms with Gasteiger partial charge in [-0.25, -0.2) is 32.6 Å². The maximum atomic E-state index is 14.5. The summed E-state index contributed by atoms with van der Waals surface area (Å²) in [4.78, 5) is 27.4. The number of nitrogens with zero attached hydrogens (tertiary/aromatic N) is 3. The van der Waals surface area contributed by atoms with Gasteiger partial charge in [0.2, 0.25) is 16.0 Å². The van der Waals surface area contributed by atoms with Gasteiger partial charge in [-0.05, 0) is 38.0 Å². The number of nitrogens with one attached hydrogen (secondary N) is 4. The fraction of sp³-hybridized carbons (Fsp3) is 0.333. The van der Waals surface area contributed by atoms with Gasteiger partial charge in [0.05, 0.1) is 34.0 Å². The van der Waals surface area contributed by atoms with Crippen LogP contribution >= 0.6 is 11.6 Å². The molecule has 1 unspecified atom stereocenters. The van der Waals surface area contributed by atoms with Crippen molar-refractivity contribution in [1.29, 1.82) is 0 Å². The number of carbonyl (C=O) groups is 1. The summed E-state index contributed by atoms with van der Waals surface area (Å²) in [6.07, 6.45) is 3.23. The summed E-state index contributed by atoms with van der Waals surface area (Å²) in [5.41, 5.74) is 1.32.